The van der Waals surface area contributed by atoms with E-state index in [0.29, 0.717) is 21.8 Å². The first-order valence-corrected chi connectivity index (χ1v) is 8.88. The summed E-state index contributed by atoms with van der Waals surface area (Å²) in [6.07, 6.45) is 6.64. The fraction of sp³-hybridized carbons (Fsp3) is 0.278. The fourth-order valence-electron chi connectivity index (χ4n) is 3.20. The standard InChI is InChI=1S/C18H17N3O2S/c22-17-13-6-2-3-7-15(13)21(16-12-19-9-8-14(16)17)18(23)24-20-10-4-1-5-11-20/h2-3,6-9,12H,1,4-5,10-11H2. The van der Waals surface area contributed by atoms with E-state index in [4.69, 9.17) is 0 Å². The molecule has 122 valence electrons. The van der Waals surface area contributed by atoms with Gasteiger partial charge in [0, 0.05) is 42.0 Å². The van der Waals surface area contributed by atoms with Crippen molar-refractivity contribution in [2.45, 2.75) is 19.3 Å². The second-order valence-electron chi connectivity index (χ2n) is 5.92. The topological polar surface area (TPSA) is 55.2 Å². The van der Waals surface area contributed by atoms with Crippen molar-refractivity contribution in [1.82, 2.24) is 13.9 Å². The highest BCUT2D eigenvalue weighted by atomic mass is 32.2. The van der Waals surface area contributed by atoms with Gasteiger partial charge in [-0.3, -0.25) is 19.1 Å². The number of para-hydroxylation sites is 1. The second kappa shape index (κ2) is 6.37. The minimum Gasteiger partial charge on any atom is -0.288 e. The van der Waals surface area contributed by atoms with Crippen molar-refractivity contribution in [3.63, 3.8) is 0 Å². The van der Waals surface area contributed by atoms with Gasteiger partial charge in [0.15, 0.2) is 5.43 Å². The van der Waals surface area contributed by atoms with Gasteiger partial charge in [-0.25, -0.2) is 4.31 Å². The summed E-state index contributed by atoms with van der Waals surface area (Å²) in [6.45, 7) is 1.84. The van der Waals surface area contributed by atoms with Crippen LogP contribution >= 0.6 is 11.9 Å². The van der Waals surface area contributed by atoms with Crippen LogP contribution < -0.4 is 5.43 Å². The molecule has 2 aromatic heterocycles. The number of carbonyl (C=O) groups excluding carboxylic acids is 1. The molecule has 6 heteroatoms. The molecule has 5 nitrogen and oxygen atoms in total. The van der Waals surface area contributed by atoms with E-state index in [9.17, 15) is 9.59 Å². The summed E-state index contributed by atoms with van der Waals surface area (Å²) in [5, 5.41) is 0.992. The van der Waals surface area contributed by atoms with Gasteiger partial charge in [-0.15, -0.1) is 0 Å². The van der Waals surface area contributed by atoms with Crippen LogP contribution in [-0.2, 0) is 0 Å². The molecule has 24 heavy (non-hydrogen) atoms. The van der Waals surface area contributed by atoms with Crippen LogP contribution in [0, 0.1) is 0 Å². The van der Waals surface area contributed by atoms with Crippen molar-refractivity contribution in [1.29, 1.82) is 0 Å². The van der Waals surface area contributed by atoms with E-state index in [1.54, 1.807) is 29.1 Å². The lowest BCUT2D eigenvalue weighted by molar-refractivity contribution is 0.261. The van der Waals surface area contributed by atoms with Crippen molar-refractivity contribution in [3.8, 4) is 0 Å². The van der Waals surface area contributed by atoms with Gasteiger partial charge < -0.3 is 0 Å². The number of hydrogen-bond acceptors (Lipinski definition) is 5. The summed E-state index contributed by atoms with van der Waals surface area (Å²) in [5.74, 6) is 0. The average Bonchev–Trinajstić information content (AvgIpc) is 2.63. The van der Waals surface area contributed by atoms with Gasteiger partial charge in [-0.05, 0) is 31.0 Å². The number of rotatable bonds is 1. The van der Waals surface area contributed by atoms with Gasteiger partial charge in [-0.1, -0.05) is 18.6 Å². The van der Waals surface area contributed by atoms with Crippen molar-refractivity contribution in [2.24, 2.45) is 0 Å². The SMILES string of the molecule is O=C(SN1CCCCC1)n1c2ccccc2c(=O)c2ccncc21. The molecular weight excluding hydrogens is 322 g/mol. The average molecular weight is 339 g/mol. The van der Waals surface area contributed by atoms with Crippen LogP contribution in [0.2, 0.25) is 0 Å². The first-order valence-electron chi connectivity index (χ1n) is 8.10. The summed E-state index contributed by atoms with van der Waals surface area (Å²) in [5.41, 5.74) is 1.14. The fourth-order valence-corrected chi connectivity index (χ4v) is 4.14. The van der Waals surface area contributed by atoms with E-state index in [2.05, 4.69) is 9.29 Å². The van der Waals surface area contributed by atoms with Gasteiger partial charge >= 0.3 is 5.24 Å². The second-order valence-corrected chi connectivity index (χ2v) is 6.97. The predicted octanol–water partition coefficient (Wildman–Crippen LogP) is 3.65. The molecule has 1 aliphatic heterocycles. The van der Waals surface area contributed by atoms with Crippen molar-refractivity contribution in [3.05, 3.63) is 52.9 Å². The molecule has 4 rings (SSSR count). The van der Waals surface area contributed by atoms with E-state index in [1.165, 1.54) is 18.4 Å². The van der Waals surface area contributed by atoms with Crippen LogP contribution in [0.15, 0.2) is 47.5 Å². The monoisotopic (exact) mass is 339 g/mol. The highest BCUT2D eigenvalue weighted by Crippen LogP contribution is 2.25. The maximum Gasteiger partial charge on any atom is 0.305 e. The lowest BCUT2D eigenvalue weighted by Gasteiger charge is -2.25. The third-order valence-corrected chi connectivity index (χ3v) is 5.34. The summed E-state index contributed by atoms with van der Waals surface area (Å²) in [7, 11) is 0. The van der Waals surface area contributed by atoms with Crippen LogP contribution in [0.4, 0.5) is 4.79 Å². The summed E-state index contributed by atoms with van der Waals surface area (Å²) in [4.78, 5) is 29.8. The van der Waals surface area contributed by atoms with E-state index in [-0.39, 0.29) is 10.7 Å². The molecule has 0 N–H and O–H groups in total. The number of piperidine rings is 1. The molecule has 0 saturated carbocycles. The molecule has 0 spiro atoms. The Labute approximate surface area is 143 Å². The van der Waals surface area contributed by atoms with Crippen LogP contribution in [0.5, 0.6) is 0 Å². The molecule has 1 aliphatic rings. The van der Waals surface area contributed by atoms with Crippen LogP contribution in [0.3, 0.4) is 0 Å². The lowest BCUT2D eigenvalue weighted by Crippen LogP contribution is -2.26. The molecule has 1 fully saturated rings. The molecule has 0 bridgehead atoms. The highest BCUT2D eigenvalue weighted by Gasteiger charge is 2.20. The minimum absolute atomic E-state index is 0.0602. The Kier molecular flexibility index (Phi) is 4.08. The normalized spacial score (nSPS) is 15.8. The van der Waals surface area contributed by atoms with E-state index in [1.807, 2.05) is 18.2 Å². The van der Waals surface area contributed by atoms with Gasteiger partial charge in [0.2, 0.25) is 0 Å². The Balaban J connectivity index is 1.90. The van der Waals surface area contributed by atoms with E-state index in [0.717, 1.165) is 25.9 Å². The third-order valence-electron chi connectivity index (χ3n) is 4.38. The predicted molar refractivity (Wildman–Crippen MR) is 97.3 cm³/mol. The van der Waals surface area contributed by atoms with Crippen molar-refractivity contribution < 1.29 is 4.79 Å². The molecule has 0 radical (unpaired) electrons. The van der Waals surface area contributed by atoms with Gasteiger partial charge in [0.05, 0.1) is 17.2 Å². The summed E-state index contributed by atoms with van der Waals surface area (Å²) < 4.78 is 3.74. The van der Waals surface area contributed by atoms with E-state index >= 15 is 0 Å². The smallest absolute Gasteiger partial charge is 0.288 e. The number of benzene rings is 1. The van der Waals surface area contributed by atoms with Crippen LogP contribution in [0.25, 0.3) is 21.8 Å². The molecule has 0 unspecified atom stereocenters. The zero-order chi connectivity index (χ0) is 16.5. The maximum absolute atomic E-state index is 13.0. The molecule has 0 aliphatic carbocycles. The zero-order valence-corrected chi connectivity index (χ0v) is 14.0. The molecule has 0 amide bonds. The Morgan fingerprint density at radius 2 is 1.75 bits per heavy atom. The summed E-state index contributed by atoms with van der Waals surface area (Å²) >= 11 is 1.24. The van der Waals surface area contributed by atoms with Crippen LogP contribution in [0.1, 0.15) is 19.3 Å². The van der Waals surface area contributed by atoms with E-state index < -0.39 is 0 Å². The molecule has 1 saturated heterocycles. The molecular formula is C18H17N3O2S. The quantitative estimate of drug-likeness (QED) is 0.500. The van der Waals surface area contributed by atoms with Gasteiger partial charge in [0.1, 0.15) is 0 Å². The number of nitrogens with zero attached hydrogens (tertiary/aromatic N) is 3. The van der Waals surface area contributed by atoms with Gasteiger partial charge in [0.25, 0.3) is 0 Å². The number of pyridine rings is 2. The maximum atomic E-state index is 13.0. The zero-order valence-electron chi connectivity index (χ0n) is 13.1. The number of hydrogen-bond donors (Lipinski definition) is 0. The molecule has 1 aromatic carbocycles. The minimum atomic E-state index is -0.0916. The molecule has 3 heterocycles. The van der Waals surface area contributed by atoms with Gasteiger partial charge in [-0.2, -0.15) is 0 Å². The highest BCUT2D eigenvalue weighted by molar-refractivity contribution is 8.11. The molecule has 0 atom stereocenters. The summed E-state index contributed by atoms with van der Waals surface area (Å²) in [6, 6.07) is 8.94. The number of carbonyl (C=O) groups is 1. The van der Waals surface area contributed by atoms with Crippen molar-refractivity contribution >= 4 is 39.0 Å². The Morgan fingerprint density at radius 1 is 1.00 bits per heavy atom. The first kappa shape index (κ1) is 15.4. The third kappa shape index (κ3) is 2.61. The lowest BCUT2D eigenvalue weighted by atomic mass is 10.1. The largest absolute Gasteiger partial charge is 0.305 e. The Bertz CT molecular complexity index is 917. The Morgan fingerprint density at radius 3 is 2.58 bits per heavy atom. The molecule has 3 aromatic rings. The Hall–Kier alpha value is -2.18. The number of fused-ring (bicyclic) bond motifs is 2. The number of aromatic nitrogens is 2. The first-order chi connectivity index (χ1) is 11.8. The van der Waals surface area contributed by atoms with Crippen LogP contribution in [-0.4, -0.2) is 32.2 Å². The van der Waals surface area contributed by atoms with Crippen molar-refractivity contribution in [2.75, 3.05) is 13.1 Å².